The second-order valence-corrected chi connectivity index (χ2v) is 3.69. The SMILES string of the molecule is C=C(C(=O)NCc1ccccc1)N(C)C(C)=O. The van der Waals surface area contributed by atoms with Crippen molar-refractivity contribution in [1.82, 2.24) is 10.2 Å². The van der Waals surface area contributed by atoms with Gasteiger partial charge in [0.15, 0.2) is 0 Å². The fourth-order valence-corrected chi connectivity index (χ4v) is 1.22. The molecule has 0 aliphatic rings. The third kappa shape index (κ3) is 3.75. The van der Waals surface area contributed by atoms with Crippen LogP contribution in [0.15, 0.2) is 42.6 Å². The van der Waals surface area contributed by atoms with Crippen LogP contribution in [0.25, 0.3) is 0 Å². The molecule has 0 aliphatic heterocycles. The molecule has 0 radical (unpaired) electrons. The summed E-state index contributed by atoms with van der Waals surface area (Å²) < 4.78 is 0. The molecule has 4 nitrogen and oxygen atoms in total. The largest absolute Gasteiger partial charge is 0.347 e. The van der Waals surface area contributed by atoms with E-state index in [2.05, 4.69) is 11.9 Å². The van der Waals surface area contributed by atoms with Crippen LogP contribution in [0.5, 0.6) is 0 Å². The van der Waals surface area contributed by atoms with E-state index in [0.717, 1.165) is 5.56 Å². The molecule has 0 aliphatic carbocycles. The van der Waals surface area contributed by atoms with Crippen molar-refractivity contribution in [3.63, 3.8) is 0 Å². The van der Waals surface area contributed by atoms with E-state index in [-0.39, 0.29) is 17.5 Å². The van der Waals surface area contributed by atoms with E-state index in [4.69, 9.17) is 0 Å². The van der Waals surface area contributed by atoms with Crippen LogP contribution in [0, 0.1) is 0 Å². The van der Waals surface area contributed by atoms with Crippen LogP contribution in [-0.4, -0.2) is 23.8 Å². The van der Waals surface area contributed by atoms with Gasteiger partial charge in [0.05, 0.1) is 0 Å². The molecule has 0 aromatic heterocycles. The van der Waals surface area contributed by atoms with Crippen molar-refractivity contribution >= 4 is 11.8 Å². The zero-order valence-corrected chi connectivity index (χ0v) is 10.1. The van der Waals surface area contributed by atoms with Gasteiger partial charge in [-0.25, -0.2) is 0 Å². The molecule has 0 unspecified atom stereocenters. The molecule has 1 aromatic rings. The zero-order chi connectivity index (χ0) is 12.8. The molecule has 1 rings (SSSR count). The average Bonchev–Trinajstić information content (AvgIpc) is 2.35. The Hall–Kier alpha value is -2.10. The molecule has 0 atom stereocenters. The summed E-state index contributed by atoms with van der Waals surface area (Å²) in [6, 6.07) is 9.54. The molecule has 0 saturated heterocycles. The minimum absolute atomic E-state index is 0.147. The van der Waals surface area contributed by atoms with E-state index in [9.17, 15) is 9.59 Å². The van der Waals surface area contributed by atoms with Gasteiger partial charge in [0.25, 0.3) is 5.91 Å². The molecule has 0 saturated carbocycles. The first-order chi connectivity index (χ1) is 8.02. The molecule has 4 heteroatoms. The molecule has 0 spiro atoms. The first-order valence-electron chi connectivity index (χ1n) is 5.27. The number of amides is 2. The van der Waals surface area contributed by atoms with Crippen molar-refractivity contribution in [2.45, 2.75) is 13.5 Å². The van der Waals surface area contributed by atoms with Crippen molar-refractivity contribution in [1.29, 1.82) is 0 Å². The molecule has 1 aromatic carbocycles. The molecule has 0 bridgehead atoms. The summed E-state index contributed by atoms with van der Waals surface area (Å²) in [6.07, 6.45) is 0. The van der Waals surface area contributed by atoms with Gasteiger partial charge in [-0.05, 0) is 5.56 Å². The highest BCUT2D eigenvalue weighted by Crippen LogP contribution is 2.01. The summed E-state index contributed by atoms with van der Waals surface area (Å²) in [4.78, 5) is 23.9. The van der Waals surface area contributed by atoms with Gasteiger partial charge < -0.3 is 10.2 Å². The monoisotopic (exact) mass is 232 g/mol. The second-order valence-electron chi connectivity index (χ2n) is 3.69. The van der Waals surface area contributed by atoms with Crippen LogP contribution < -0.4 is 5.32 Å². The lowest BCUT2D eigenvalue weighted by atomic mass is 10.2. The molecule has 1 N–H and O–H groups in total. The van der Waals surface area contributed by atoms with Gasteiger partial charge in [-0.3, -0.25) is 9.59 Å². The summed E-state index contributed by atoms with van der Waals surface area (Å²) in [7, 11) is 1.52. The first-order valence-corrected chi connectivity index (χ1v) is 5.27. The number of hydrogen-bond acceptors (Lipinski definition) is 2. The number of carbonyl (C=O) groups is 2. The van der Waals surface area contributed by atoms with Crippen molar-refractivity contribution in [3.05, 3.63) is 48.2 Å². The summed E-state index contributed by atoms with van der Waals surface area (Å²) in [5.74, 6) is -0.559. The number of rotatable bonds is 4. The summed E-state index contributed by atoms with van der Waals surface area (Å²) in [6.45, 7) is 5.39. The standard InChI is InChI=1S/C13H16N2O2/c1-10(15(3)11(2)16)13(17)14-9-12-7-5-4-6-8-12/h4-8H,1,9H2,2-3H3,(H,14,17). The van der Waals surface area contributed by atoms with E-state index < -0.39 is 0 Å². The molecular weight excluding hydrogens is 216 g/mol. The van der Waals surface area contributed by atoms with Crippen molar-refractivity contribution < 1.29 is 9.59 Å². The molecular formula is C13H16N2O2. The molecule has 17 heavy (non-hydrogen) atoms. The van der Waals surface area contributed by atoms with E-state index in [0.29, 0.717) is 6.54 Å². The third-order valence-electron chi connectivity index (χ3n) is 2.44. The molecule has 90 valence electrons. The van der Waals surface area contributed by atoms with Crippen LogP contribution in [-0.2, 0) is 16.1 Å². The maximum Gasteiger partial charge on any atom is 0.267 e. The topological polar surface area (TPSA) is 49.4 Å². The van der Waals surface area contributed by atoms with Crippen LogP contribution in [0.1, 0.15) is 12.5 Å². The Labute approximate surface area is 101 Å². The summed E-state index contributed by atoms with van der Waals surface area (Å²) >= 11 is 0. The Morgan fingerprint density at radius 2 is 1.88 bits per heavy atom. The van der Waals surface area contributed by atoms with Gasteiger partial charge in [0.1, 0.15) is 5.70 Å². The lowest BCUT2D eigenvalue weighted by Gasteiger charge is -2.17. The quantitative estimate of drug-likeness (QED) is 0.795. The average molecular weight is 232 g/mol. The van der Waals surface area contributed by atoms with E-state index in [1.54, 1.807) is 0 Å². The van der Waals surface area contributed by atoms with Crippen molar-refractivity contribution in [2.75, 3.05) is 7.05 Å². The lowest BCUT2D eigenvalue weighted by molar-refractivity contribution is -0.129. The van der Waals surface area contributed by atoms with Gasteiger partial charge >= 0.3 is 0 Å². The normalized spacial score (nSPS) is 9.53. The Bertz CT molecular complexity index is 426. The smallest absolute Gasteiger partial charge is 0.267 e. The molecule has 0 fully saturated rings. The number of benzene rings is 1. The van der Waals surface area contributed by atoms with Gasteiger partial charge in [0, 0.05) is 20.5 Å². The highest BCUT2D eigenvalue weighted by atomic mass is 16.2. The predicted molar refractivity (Wildman–Crippen MR) is 65.9 cm³/mol. The Morgan fingerprint density at radius 1 is 1.29 bits per heavy atom. The number of carbonyl (C=O) groups excluding carboxylic acids is 2. The molecule has 2 amide bonds. The third-order valence-corrected chi connectivity index (χ3v) is 2.44. The maximum absolute atomic E-state index is 11.7. The molecule has 0 heterocycles. The summed E-state index contributed by atoms with van der Waals surface area (Å²) in [5, 5.41) is 2.70. The van der Waals surface area contributed by atoms with E-state index >= 15 is 0 Å². The Morgan fingerprint density at radius 3 is 2.41 bits per heavy atom. The summed E-state index contributed by atoms with van der Waals surface area (Å²) in [5.41, 5.74) is 1.15. The minimum atomic E-state index is -0.341. The number of nitrogens with zero attached hydrogens (tertiary/aromatic N) is 1. The highest BCUT2D eigenvalue weighted by Gasteiger charge is 2.14. The second kappa shape index (κ2) is 5.84. The Kier molecular flexibility index (Phi) is 4.46. The van der Waals surface area contributed by atoms with Crippen LogP contribution in [0.2, 0.25) is 0 Å². The van der Waals surface area contributed by atoms with Crippen molar-refractivity contribution in [2.24, 2.45) is 0 Å². The Balaban J connectivity index is 2.51. The van der Waals surface area contributed by atoms with Gasteiger partial charge in [-0.1, -0.05) is 36.9 Å². The zero-order valence-electron chi connectivity index (χ0n) is 10.1. The fourth-order valence-electron chi connectivity index (χ4n) is 1.22. The number of nitrogens with one attached hydrogen (secondary N) is 1. The van der Waals surface area contributed by atoms with Gasteiger partial charge in [0.2, 0.25) is 5.91 Å². The number of hydrogen-bond donors (Lipinski definition) is 1. The van der Waals surface area contributed by atoms with E-state index in [1.165, 1.54) is 18.9 Å². The van der Waals surface area contributed by atoms with Gasteiger partial charge in [-0.2, -0.15) is 0 Å². The first kappa shape index (κ1) is 13.0. The maximum atomic E-state index is 11.7. The van der Waals surface area contributed by atoms with Crippen LogP contribution in [0.3, 0.4) is 0 Å². The lowest BCUT2D eigenvalue weighted by Crippen LogP contribution is -2.34. The van der Waals surface area contributed by atoms with E-state index in [1.807, 2.05) is 30.3 Å². The predicted octanol–water partition coefficient (Wildman–Crippen LogP) is 1.29. The van der Waals surface area contributed by atoms with Gasteiger partial charge in [-0.15, -0.1) is 0 Å². The van der Waals surface area contributed by atoms with Crippen LogP contribution >= 0.6 is 0 Å². The fraction of sp³-hybridized carbons (Fsp3) is 0.231. The minimum Gasteiger partial charge on any atom is -0.347 e. The number of likely N-dealkylation sites (N-methyl/N-ethyl adjacent to an activating group) is 1. The highest BCUT2D eigenvalue weighted by molar-refractivity contribution is 5.96. The van der Waals surface area contributed by atoms with Crippen LogP contribution in [0.4, 0.5) is 0 Å². The van der Waals surface area contributed by atoms with Crippen molar-refractivity contribution in [3.8, 4) is 0 Å².